The van der Waals surface area contributed by atoms with E-state index in [4.69, 9.17) is 21.1 Å². The topological polar surface area (TPSA) is 84.9 Å². The van der Waals surface area contributed by atoms with Crippen LogP contribution in [-0.4, -0.2) is 30.2 Å². The second-order valence-electron chi connectivity index (χ2n) is 5.31. The van der Waals surface area contributed by atoms with E-state index in [1.54, 1.807) is 30.3 Å². The summed E-state index contributed by atoms with van der Waals surface area (Å²) < 4.78 is 10.2. The number of nitrogens with one attached hydrogen (secondary N) is 1. The molecular formula is C18H18ClNO5. The molecule has 1 amide bonds. The number of phenolic OH excluding ortho intramolecular Hbond substituents is 1. The molecule has 2 aromatic carbocycles. The largest absolute Gasteiger partial charge is 0.508 e. The molecule has 0 aliphatic heterocycles. The smallest absolute Gasteiger partial charge is 0.311 e. The van der Waals surface area contributed by atoms with Crippen LogP contribution in [0.2, 0.25) is 5.02 Å². The van der Waals surface area contributed by atoms with Crippen molar-refractivity contribution < 1.29 is 24.2 Å². The minimum atomic E-state index is -0.967. The van der Waals surface area contributed by atoms with Gasteiger partial charge in [0.2, 0.25) is 0 Å². The van der Waals surface area contributed by atoms with Crippen LogP contribution in [0.25, 0.3) is 0 Å². The Hall–Kier alpha value is -2.73. The third-order valence-electron chi connectivity index (χ3n) is 3.38. The van der Waals surface area contributed by atoms with E-state index in [0.717, 1.165) is 0 Å². The minimum absolute atomic E-state index is 0.00621. The van der Waals surface area contributed by atoms with Crippen molar-refractivity contribution in [2.45, 2.75) is 19.4 Å². The Kier molecular flexibility index (Phi) is 6.25. The number of anilines is 1. The Bertz CT molecular complexity index is 761. The molecule has 0 aliphatic rings. The molecule has 0 bridgehead atoms. The Morgan fingerprint density at radius 2 is 1.88 bits per heavy atom. The molecule has 0 spiro atoms. The lowest BCUT2D eigenvalue weighted by molar-refractivity contribution is -0.152. The average Bonchev–Trinajstić information content (AvgIpc) is 2.57. The summed E-state index contributed by atoms with van der Waals surface area (Å²) in [5.74, 6) is -0.405. The quantitative estimate of drug-likeness (QED) is 0.770. The van der Waals surface area contributed by atoms with Crippen molar-refractivity contribution in [3.05, 3.63) is 53.1 Å². The van der Waals surface area contributed by atoms with E-state index in [1.807, 2.05) is 0 Å². The van der Waals surface area contributed by atoms with Gasteiger partial charge in [-0.25, -0.2) is 0 Å². The number of phenols is 1. The maximum atomic E-state index is 12.1. The molecule has 132 valence electrons. The van der Waals surface area contributed by atoms with Crippen molar-refractivity contribution in [3.63, 3.8) is 0 Å². The van der Waals surface area contributed by atoms with Gasteiger partial charge in [0.25, 0.3) is 5.91 Å². The first kappa shape index (κ1) is 18.6. The Morgan fingerprint density at radius 3 is 2.48 bits per heavy atom. The van der Waals surface area contributed by atoms with Crippen LogP contribution in [0, 0.1) is 0 Å². The van der Waals surface area contributed by atoms with Gasteiger partial charge < -0.3 is 19.9 Å². The molecule has 0 aromatic heterocycles. The van der Waals surface area contributed by atoms with Crippen molar-refractivity contribution >= 4 is 29.2 Å². The zero-order valence-corrected chi connectivity index (χ0v) is 14.5. The number of ether oxygens (including phenoxy) is 2. The lowest BCUT2D eigenvalue weighted by Gasteiger charge is -2.14. The highest BCUT2D eigenvalue weighted by atomic mass is 35.5. The van der Waals surface area contributed by atoms with Crippen LogP contribution in [-0.2, 0) is 20.7 Å². The molecule has 0 unspecified atom stereocenters. The fourth-order valence-electron chi connectivity index (χ4n) is 2.06. The molecule has 0 saturated carbocycles. The van der Waals surface area contributed by atoms with E-state index in [1.165, 1.54) is 26.2 Å². The highest BCUT2D eigenvalue weighted by Crippen LogP contribution is 2.27. The third kappa shape index (κ3) is 5.39. The Labute approximate surface area is 150 Å². The fourth-order valence-corrected chi connectivity index (χ4v) is 2.32. The number of carbonyl (C=O) groups is 2. The van der Waals surface area contributed by atoms with Gasteiger partial charge in [0, 0.05) is 5.69 Å². The standard InChI is InChI=1S/C18H18ClNO5/c1-11(25-17(22)9-12-3-6-14(21)7-4-12)18(23)20-13-5-8-16(24-2)15(19)10-13/h3-8,10-11,21H,9H2,1-2H3,(H,20,23)/t11-/m0/s1. The number of rotatable bonds is 6. The van der Waals surface area contributed by atoms with Gasteiger partial charge >= 0.3 is 5.97 Å². The van der Waals surface area contributed by atoms with Crippen molar-refractivity contribution in [1.82, 2.24) is 0 Å². The normalized spacial score (nSPS) is 11.5. The first-order chi connectivity index (χ1) is 11.9. The maximum Gasteiger partial charge on any atom is 0.311 e. The van der Waals surface area contributed by atoms with E-state index in [9.17, 15) is 14.7 Å². The number of aromatic hydroxyl groups is 1. The molecule has 2 N–H and O–H groups in total. The van der Waals surface area contributed by atoms with Gasteiger partial charge in [0.05, 0.1) is 18.6 Å². The number of hydrogen-bond donors (Lipinski definition) is 2. The molecule has 1 atom stereocenters. The number of benzene rings is 2. The number of methoxy groups -OCH3 is 1. The SMILES string of the molecule is COc1ccc(NC(=O)[C@H](C)OC(=O)Cc2ccc(O)cc2)cc1Cl. The lowest BCUT2D eigenvalue weighted by atomic mass is 10.1. The summed E-state index contributed by atoms with van der Waals surface area (Å²) in [5.41, 5.74) is 1.15. The molecule has 6 nitrogen and oxygen atoms in total. The number of carbonyl (C=O) groups excluding carboxylic acids is 2. The maximum absolute atomic E-state index is 12.1. The number of hydrogen-bond acceptors (Lipinski definition) is 5. The molecule has 0 aliphatic carbocycles. The third-order valence-corrected chi connectivity index (χ3v) is 3.68. The predicted octanol–water partition coefficient (Wildman–Crippen LogP) is 3.17. The molecule has 25 heavy (non-hydrogen) atoms. The first-order valence-corrected chi connectivity index (χ1v) is 7.88. The molecule has 2 rings (SSSR count). The zero-order valence-electron chi connectivity index (χ0n) is 13.8. The van der Waals surface area contributed by atoms with E-state index in [-0.39, 0.29) is 12.2 Å². The zero-order chi connectivity index (χ0) is 18.4. The van der Waals surface area contributed by atoms with Gasteiger partial charge in [-0.15, -0.1) is 0 Å². The van der Waals surface area contributed by atoms with Gasteiger partial charge in [-0.05, 0) is 42.8 Å². The summed E-state index contributed by atoms with van der Waals surface area (Å²) in [6.45, 7) is 1.48. The van der Waals surface area contributed by atoms with Crippen molar-refractivity contribution in [2.75, 3.05) is 12.4 Å². The van der Waals surface area contributed by atoms with Gasteiger partial charge in [-0.1, -0.05) is 23.7 Å². The van der Waals surface area contributed by atoms with Crippen LogP contribution in [0.4, 0.5) is 5.69 Å². The predicted molar refractivity (Wildman–Crippen MR) is 94.0 cm³/mol. The van der Waals surface area contributed by atoms with E-state index < -0.39 is 18.0 Å². The number of halogens is 1. The molecule has 0 radical (unpaired) electrons. The highest BCUT2D eigenvalue weighted by molar-refractivity contribution is 6.32. The second kappa shape index (κ2) is 8.39. The first-order valence-electron chi connectivity index (χ1n) is 7.51. The fraction of sp³-hybridized carbons (Fsp3) is 0.222. The van der Waals surface area contributed by atoms with Crippen LogP contribution in [0.5, 0.6) is 11.5 Å². The second-order valence-corrected chi connectivity index (χ2v) is 5.72. The summed E-state index contributed by atoms with van der Waals surface area (Å²) >= 11 is 6.00. The summed E-state index contributed by atoms with van der Waals surface area (Å²) in [7, 11) is 1.50. The highest BCUT2D eigenvalue weighted by Gasteiger charge is 2.18. The summed E-state index contributed by atoms with van der Waals surface area (Å²) in [4.78, 5) is 24.0. The lowest BCUT2D eigenvalue weighted by Crippen LogP contribution is -2.30. The van der Waals surface area contributed by atoms with Crippen molar-refractivity contribution in [3.8, 4) is 11.5 Å². The van der Waals surface area contributed by atoms with E-state index >= 15 is 0 Å². The van der Waals surface area contributed by atoms with Crippen LogP contribution in [0.15, 0.2) is 42.5 Å². The summed E-state index contributed by atoms with van der Waals surface area (Å²) in [6, 6.07) is 11.0. The van der Waals surface area contributed by atoms with Crippen LogP contribution in [0.1, 0.15) is 12.5 Å². The van der Waals surface area contributed by atoms with E-state index in [0.29, 0.717) is 22.0 Å². The van der Waals surface area contributed by atoms with Gasteiger partial charge in [-0.3, -0.25) is 9.59 Å². The minimum Gasteiger partial charge on any atom is -0.508 e. The van der Waals surface area contributed by atoms with Crippen LogP contribution < -0.4 is 10.1 Å². The average molecular weight is 364 g/mol. The van der Waals surface area contributed by atoms with Gasteiger partial charge in [0.15, 0.2) is 6.10 Å². The Balaban J connectivity index is 1.90. The van der Waals surface area contributed by atoms with Gasteiger partial charge in [0.1, 0.15) is 11.5 Å². The molecule has 0 saturated heterocycles. The molecule has 0 heterocycles. The molecule has 0 fully saturated rings. The molecule has 7 heteroatoms. The Morgan fingerprint density at radius 1 is 1.20 bits per heavy atom. The van der Waals surface area contributed by atoms with E-state index in [2.05, 4.69) is 5.32 Å². The summed E-state index contributed by atoms with van der Waals surface area (Å²) in [5, 5.41) is 12.2. The van der Waals surface area contributed by atoms with Gasteiger partial charge in [-0.2, -0.15) is 0 Å². The van der Waals surface area contributed by atoms with Crippen molar-refractivity contribution in [1.29, 1.82) is 0 Å². The number of esters is 1. The summed E-state index contributed by atoms with van der Waals surface area (Å²) in [6.07, 6.45) is -0.961. The van der Waals surface area contributed by atoms with Crippen molar-refractivity contribution in [2.24, 2.45) is 0 Å². The molecular weight excluding hydrogens is 346 g/mol. The van der Waals surface area contributed by atoms with Crippen LogP contribution in [0.3, 0.4) is 0 Å². The molecule has 2 aromatic rings. The monoisotopic (exact) mass is 363 g/mol. The van der Waals surface area contributed by atoms with Crippen LogP contribution >= 0.6 is 11.6 Å². The number of amides is 1.